The number of thiophene rings is 1. The van der Waals surface area contributed by atoms with Gasteiger partial charge in [0.25, 0.3) is 5.91 Å². The lowest BCUT2D eigenvalue weighted by Crippen LogP contribution is -2.50. The lowest BCUT2D eigenvalue weighted by atomic mass is 10.1. The van der Waals surface area contributed by atoms with Crippen molar-refractivity contribution in [2.75, 3.05) is 0 Å². The number of nitrogens with one attached hydrogen (secondary N) is 2. The molecule has 0 radical (unpaired) electrons. The van der Waals surface area contributed by atoms with Gasteiger partial charge in [0, 0.05) is 27.3 Å². The molecule has 26 heavy (non-hydrogen) atoms. The van der Waals surface area contributed by atoms with Crippen LogP contribution in [0, 0.1) is 13.8 Å². The summed E-state index contributed by atoms with van der Waals surface area (Å²) in [6, 6.07) is 1.14. The van der Waals surface area contributed by atoms with Gasteiger partial charge >= 0.3 is 12.0 Å². The molecule has 1 heterocycles. The second kappa shape index (κ2) is 8.93. The van der Waals surface area contributed by atoms with E-state index in [1.807, 2.05) is 13.8 Å². The molecule has 1 rings (SSSR count). The molecule has 0 aromatic carbocycles. The predicted molar refractivity (Wildman–Crippen MR) is 99.3 cm³/mol. The van der Waals surface area contributed by atoms with Crippen molar-refractivity contribution in [1.82, 2.24) is 10.6 Å². The topological polar surface area (TPSA) is 102 Å². The van der Waals surface area contributed by atoms with Gasteiger partial charge in [-0.1, -0.05) is 0 Å². The van der Waals surface area contributed by atoms with Crippen molar-refractivity contribution >= 4 is 35.0 Å². The number of ether oxygens (including phenoxy) is 1. The molecule has 3 amide bonds. The Hall–Kier alpha value is -2.22. The van der Waals surface area contributed by atoms with Gasteiger partial charge < -0.3 is 10.1 Å². The quantitative estimate of drug-likeness (QED) is 0.582. The molecular weight excluding hydrogens is 356 g/mol. The molecule has 7 nitrogen and oxygen atoms in total. The van der Waals surface area contributed by atoms with Crippen LogP contribution in [0.25, 0.3) is 0 Å². The van der Waals surface area contributed by atoms with Gasteiger partial charge in [-0.15, -0.1) is 11.3 Å². The SMILES string of the molecule is Cc1cc(C(=O)CCC(=O)OC(C)C(=O)NC(=O)NC(C)(C)C)c(C)s1. The van der Waals surface area contributed by atoms with Crippen LogP contribution < -0.4 is 10.6 Å². The van der Waals surface area contributed by atoms with Crippen LogP contribution >= 0.6 is 11.3 Å². The van der Waals surface area contributed by atoms with Crippen molar-refractivity contribution in [3.05, 3.63) is 21.4 Å². The van der Waals surface area contributed by atoms with Crippen LogP contribution in [-0.2, 0) is 14.3 Å². The molecule has 0 aliphatic heterocycles. The third kappa shape index (κ3) is 7.35. The van der Waals surface area contributed by atoms with E-state index in [1.54, 1.807) is 26.8 Å². The van der Waals surface area contributed by atoms with Crippen molar-refractivity contribution in [2.45, 2.75) is 66.0 Å². The monoisotopic (exact) mass is 382 g/mol. The number of esters is 1. The van der Waals surface area contributed by atoms with Crippen molar-refractivity contribution in [1.29, 1.82) is 0 Å². The summed E-state index contributed by atoms with van der Waals surface area (Å²) in [6.45, 7) is 10.5. The van der Waals surface area contributed by atoms with Gasteiger partial charge in [0.05, 0.1) is 6.42 Å². The fraction of sp³-hybridized carbons (Fsp3) is 0.556. The maximum absolute atomic E-state index is 12.1. The molecule has 144 valence electrons. The van der Waals surface area contributed by atoms with Gasteiger partial charge in [-0.05, 0) is 47.6 Å². The van der Waals surface area contributed by atoms with E-state index in [2.05, 4.69) is 10.6 Å². The van der Waals surface area contributed by atoms with Crippen LogP contribution in [0.4, 0.5) is 4.79 Å². The van der Waals surface area contributed by atoms with Crippen LogP contribution in [0.1, 0.15) is 60.6 Å². The predicted octanol–water partition coefficient (Wildman–Crippen LogP) is 2.88. The minimum absolute atomic E-state index is 0.00863. The average molecular weight is 382 g/mol. The average Bonchev–Trinajstić information content (AvgIpc) is 2.81. The van der Waals surface area contributed by atoms with Gasteiger partial charge in [0.1, 0.15) is 0 Å². The highest BCUT2D eigenvalue weighted by molar-refractivity contribution is 7.12. The van der Waals surface area contributed by atoms with E-state index in [-0.39, 0.29) is 18.6 Å². The second-order valence-electron chi connectivity index (χ2n) is 7.08. The lowest BCUT2D eigenvalue weighted by molar-refractivity contribution is -0.154. The van der Waals surface area contributed by atoms with E-state index in [0.29, 0.717) is 5.56 Å². The molecule has 1 unspecified atom stereocenters. The smallest absolute Gasteiger partial charge is 0.321 e. The Morgan fingerprint density at radius 2 is 1.77 bits per heavy atom. The van der Waals surface area contributed by atoms with E-state index in [1.165, 1.54) is 18.3 Å². The summed E-state index contributed by atoms with van der Waals surface area (Å²) in [5.41, 5.74) is 0.118. The number of hydrogen-bond acceptors (Lipinski definition) is 6. The first-order chi connectivity index (χ1) is 11.9. The molecule has 0 aliphatic rings. The standard InChI is InChI=1S/C18H26N2O5S/c1-10-9-13(12(3)26-10)14(21)7-8-15(22)25-11(2)16(23)19-17(24)20-18(4,5)6/h9,11H,7-8H2,1-6H3,(H2,19,20,23,24). The van der Waals surface area contributed by atoms with Gasteiger partial charge in [-0.2, -0.15) is 0 Å². The zero-order valence-corrected chi connectivity index (χ0v) is 16.8. The number of rotatable bonds is 6. The normalized spacial score (nSPS) is 12.2. The molecule has 0 spiro atoms. The summed E-state index contributed by atoms with van der Waals surface area (Å²) in [5, 5.41) is 4.68. The molecule has 0 saturated heterocycles. The maximum atomic E-state index is 12.1. The summed E-state index contributed by atoms with van der Waals surface area (Å²) < 4.78 is 4.98. The zero-order chi connectivity index (χ0) is 20.1. The Bertz CT molecular complexity index is 703. The van der Waals surface area contributed by atoms with E-state index >= 15 is 0 Å². The highest BCUT2D eigenvalue weighted by atomic mass is 32.1. The molecule has 1 aromatic rings. The van der Waals surface area contributed by atoms with Crippen LogP contribution in [0.2, 0.25) is 0 Å². The minimum atomic E-state index is -1.13. The molecule has 1 aromatic heterocycles. The second-order valence-corrected chi connectivity index (χ2v) is 8.54. The van der Waals surface area contributed by atoms with Crippen molar-refractivity contribution in [3.8, 4) is 0 Å². The largest absolute Gasteiger partial charge is 0.453 e. The fourth-order valence-electron chi connectivity index (χ4n) is 2.15. The van der Waals surface area contributed by atoms with Crippen molar-refractivity contribution in [3.63, 3.8) is 0 Å². The minimum Gasteiger partial charge on any atom is -0.453 e. The highest BCUT2D eigenvalue weighted by Crippen LogP contribution is 2.22. The van der Waals surface area contributed by atoms with Crippen LogP contribution in [0.5, 0.6) is 0 Å². The van der Waals surface area contributed by atoms with E-state index in [4.69, 9.17) is 4.74 Å². The van der Waals surface area contributed by atoms with E-state index < -0.39 is 29.6 Å². The third-order valence-corrected chi connectivity index (χ3v) is 4.27. The number of amides is 3. The molecular formula is C18H26N2O5S. The maximum Gasteiger partial charge on any atom is 0.321 e. The lowest BCUT2D eigenvalue weighted by Gasteiger charge is -2.21. The zero-order valence-electron chi connectivity index (χ0n) is 16.0. The third-order valence-electron chi connectivity index (χ3n) is 3.30. The molecule has 2 N–H and O–H groups in total. The van der Waals surface area contributed by atoms with Gasteiger partial charge in [-0.25, -0.2) is 4.79 Å². The number of imide groups is 1. The van der Waals surface area contributed by atoms with Gasteiger partial charge in [0.15, 0.2) is 11.9 Å². The number of aryl methyl sites for hydroxylation is 2. The van der Waals surface area contributed by atoms with Crippen LogP contribution in [-0.4, -0.2) is 35.3 Å². The summed E-state index contributed by atoms with van der Waals surface area (Å²) in [4.78, 5) is 49.4. The molecule has 0 fully saturated rings. The Balaban J connectivity index is 2.44. The molecule has 1 atom stereocenters. The van der Waals surface area contributed by atoms with E-state index in [9.17, 15) is 19.2 Å². The van der Waals surface area contributed by atoms with Gasteiger partial charge in [-0.3, -0.25) is 19.7 Å². The molecule has 8 heteroatoms. The van der Waals surface area contributed by atoms with Crippen LogP contribution in [0.15, 0.2) is 6.07 Å². The Kier molecular flexibility index (Phi) is 7.50. The van der Waals surface area contributed by atoms with E-state index in [0.717, 1.165) is 9.75 Å². The first kappa shape index (κ1) is 21.8. The first-order valence-corrected chi connectivity index (χ1v) is 9.13. The van der Waals surface area contributed by atoms with Crippen LogP contribution in [0.3, 0.4) is 0 Å². The number of urea groups is 1. The van der Waals surface area contributed by atoms with Crippen molar-refractivity contribution in [2.24, 2.45) is 0 Å². The summed E-state index contributed by atoms with van der Waals surface area (Å²) in [7, 11) is 0. The molecule has 0 aliphatic carbocycles. The summed E-state index contributed by atoms with van der Waals surface area (Å²) in [5.74, 6) is -1.52. The number of carbonyl (C=O) groups is 4. The number of ketones is 1. The van der Waals surface area contributed by atoms with Crippen molar-refractivity contribution < 1.29 is 23.9 Å². The van der Waals surface area contributed by atoms with Gasteiger partial charge in [0.2, 0.25) is 0 Å². The Labute approximate surface area is 157 Å². The highest BCUT2D eigenvalue weighted by Gasteiger charge is 2.22. The number of Topliss-reactive ketones (excluding diaryl/α,β-unsaturated/α-hetero) is 1. The fourth-order valence-corrected chi connectivity index (χ4v) is 3.10. The summed E-state index contributed by atoms with van der Waals surface area (Å²) in [6.07, 6.45) is -1.25. The first-order valence-electron chi connectivity index (χ1n) is 8.32. The Morgan fingerprint density at radius 1 is 1.15 bits per heavy atom. The Morgan fingerprint density at radius 3 is 2.27 bits per heavy atom. The molecule has 0 bridgehead atoms. The number of hydrogen-bond donors (Lipinski definition) is 2. The molecule has 0 saturated carbocycles. The summed E-state index contributed by atoms with van der Waals surface area (Å²) >= 11 is 1.53. The number of carbonyl (C=O) groups excluding carboxylic acids is 4.